The van der Waals surface area contributed by atoms with Crippen LogP contribution in [0.1, 0.15) is 5.56 Å². The molecule has 3 heteroatoms. The number of nitrogens with two attached hydrogens (primary N) is 1. The zero-order valence-electron chi connectivity index (χ0n) is 10.7. The summed E-state index contributed by atoms with van der Waals surface area (Å²) < 4.78 is 0. The Kier molecular flexibility index (Phi) is 2.80. The second-order valence-electron chi connectivity index (χ2n) is 4.54. The van der Waals surface area contributed by atoms with Gasteiger partial charge in [-0.2, -0.15) is 0 Å². The smallest absolute Gasteiger partial charge is 0.0936 e. The van der Waals surface area contributed by atoms with Gasteiger partial charge in [-0.1, -0.05) is 30.3 Å². The van der Waals surface area contributed by atoms with Gasteiger partial charge in [-0.15, -0.1) is 0 Å². The number of hydrogen-bond donors (Lipinski definition) is 2. The van der Waals surface area contributed by atoms with Crippen LogP contribution in [0, 0.1) is 6.92 Å². The molecule has 19 heavy (non-hydrogen) atoms. The van der Waals surface area contributed by atoms with Crippen LogP contribution in [0.5, 0.6) is 0 Å². The maximum atomic E-state index is 6.03. The lowest BCUT2D eigenvalue weighted by atomic mass is 10.1. The molecule has 0 spiro atoms. The molecule has 3 N–H and O–H groups in total. The minimum absolute atomic E-state index is 0.743. The van der Waals surface area contributed by atoms with E-state index in [1.54, 1.807) is 6.20 Å². The van der Waals surface area contributed by atoms with Crippen molar-refractivity contribution in [2.24, 2.45) is 0 Å². The lowest BCUT2D eigenvalue weighted by molar-refractivity contribution is 1.39. The Balaban J connectivity index is 2.11. The number of pyridine rings is 1. The SMILES string of the molecule is Cc1cccc(N)c1Nc1cccc2cccnc12. The normalized spacial score (nSPS) is 10.6. The molecule has 0 fully saturated rings. The van der Waals surface area contributed by atoms with Crippen LogP contribution >= 0.6 is 0 Å². The fraction of sp³-hybridized carbons (Fsp3) is 0.0625. The van der Waals surface area contributed by atoms with Gasteiger partial charge in [0.25, 0.3) is 0 Å². The van der Waals surface area contributed by atoms with E-state index in [2.05, 4.69) is 22.4 Å². The summed E-state index contributed by atoms with van der Waals surface area (Å²) in [6.07, 6.45) is 1.80. The number of fused-ring (bicyclic) bond motifs is 1. The Labute approximate surface area is 112 Å². The van der Waals surface area contributed by atoms with Crippen molar-refractivity contribution in [3.8, 4) is 0 Å². The van der Waals surface area contributed by atoms with Gasteiger partial charge in [-0.3, -0.25) is 4.98 Å². The van der Waals surface area contributed by atoms with Gasteiger partial charge in [0.2, 0.25) is 0 Å². The van der Waals surface area contributed by atoms with Gasteiger partial charge < -0.3 is 11.1 Å². The molecule has 0 amide bonds. The predicted molar refractivity (Wildman–Crippen MR) is 80.6 cm³/mol. The zero-order valence-corrected chi connectivity index (χ0v) is 10.7. The number of nitrogen functional groups attached to an aromatic ring is 1. The highest BCUT2D eigenvalue weighted by atomic mass is 14.9. The number of benzene rings is 2. The molecule has 2 aromatic carbocycles. The largest absolute Gasteiger partial charge is 0.397 e. The van der Waals surface area contributed by atoms with Crippen molar-refractivity contribution in [3.05, 3.63) is 60.3 Å². The van der Waals surface area contributed by atoms with Crippen LogP contribution in [0.15, 0.2) is 54.7 Å². The van der Waals surface area contributed by atoms with E-state index < -0.39 is 0 Å². The van der Waals surface area contributed by atoms with Crippen molar-refractivity contribution >= 4 is 28.0 Å². The first-order valence-electron chi connectivity index (χ1n) is 6.21. The molecule has 94 valence electrons. The summed E-state index contributed by atoms with van der Waals surface area (Å²) in [5.74, 6) is 0. The van der Waals surface area contributed by atoms with Gasteiger partial charge in [0.1, 0.15) is 0 Å². The van der Waals surface area contributed by atoms with E-state index in [1.165, 1.54) is 0 Å². The Morgan fingerprint density at radius 1 is 1.00 bits per heavy atom. The van der Waals surface area contributed by atoms with E-state index in [0.29, 0.717) is 0 Å². The average Bonchev–Trinajstić information content (AvgIpc) is 2.43. The van der Waals surface area contributed by atoms with Crippen molar-refractivity contribution in [2.45, 2.75) is 6.92 Å². The summed E-state index contributed by atoms with van der Waals surface area (Å²) in [6.45, 7) is 2.04. The standard InChI is InChI=1S/C16H15N3/c1-11-5-2-8-13(17)15(11)19-14-9-3-6-12-7-4-10-18-16(12)14/h2-10,19H,17H2,1H3. The van der Waals surface area contributed by atoms with Crippen molar-refractivity contribution in [1.29, 1.82) is 0 Å². The van der Waals surface area contributed by atoms with Crippen LogP contribution < -0.4 is 11.1 Å². The van der Waals surface area contributed by atoms with Gasteiger partial charge in [0.05, 0.1) is 22.6 Å². The summed E-state index contributed by atoms with van der Waals surface area (Å²) in [6, 6.07) is 16.0. The molecular formula is C16H15N3. The first kappa shape index (κ1) is 11.5. The molecule has 1 heterocycles. The molecule has 0 aliphatic rings. The Bertz CT molecular complexity index is 709. The van der Waals surface area contributed by atoms with E-state index >= 15 is 0 Å². The van der Waals surface area contributed by atoms with Crippen LogP contribution in [0.4, 0.5) is 17.1 Å². The predicted octanol–water partition coefficient (Wildman–Crippen LogP) is 3.87. The number of para-hydroxylation sites is 2. The number of rotatable bonds is 2. The topological polar surface area (TPSA) is 50.9 Å². The molecule has 0 saturated heterocycles. The molecule has 0 aliphatic heterocycles. The molecule has 0 unspecified atom stereocenters. The molecule has 0 bridgehead atoms. The third-order valence-electron chi connectivity index (χ3n) is 3.20. The summed E-state index contributed by atoms with van der Waals surface area (Å²) in [4.78, 5) is 4.43. The number of anilines is 3. The van der Waals surface area contributed by atoms with E-state index in [-0.39, 0.29) is 0 Å². The van der Waals surface area contributed by atoms with Crippen LogP contribution in [0.25, 0.3) is 10.9 Å². The van der Waals surface area contributed by atoms with Gasteiger partial charge in [-0.25, -0.2) is 0 Å². The molecule has 3 aromatic rings. The van der Waals surface area contributed by atoms with Gasteiger partial charge in [0, 0.05) is 11.6 Å². The average molecular weight is 249 g/mol. The van der Waals surface area contributed by atoms with Crippen LogP contribution in [0.3, 0.4) is 0 Å². The quantitative estimate of drug-likeness (QED) is 0.678. The van der Waals surface area contributed by atoms with Crippen LogP contribution in [-0.2, 0) is 0 Å². The van der Waals surface area contributed by atoms with E-state index in [4.69, 9.17) is 5.73 Å². The first-order valence-corrected chi connectivity index (χ1v) is 6.21. The van der Waals surface area contributed by atoms with E-state index in [9.17, 15) is 0 Å². The minimum atomic E-state index is 0.743. The highest BCUT2D eigenvalue weighted by Crippen LogP contribution is 2.29. The summed E-state index contributed by atoms with van der Waals surface area (Å²) in [5, 5.41) is 4.51. The van der Waals surface area contributed by atoms with Crippen LogP contribution in [-0.4, -0.2) is 4.98 Å². The Morgan fingerprint density at radius 3 is 2.63 bits per heavy atom. The highest BCUT2D eigenvalue weighted by Gasteiger charge is 2.06. The van der Waals surface area contributed by atoms with Gasteiger partial charge >= 0.3 is 0 Å². The summed E-state index contributed by atoms with van der Waals surface area (Å²) >= 11 is 0. The lowest BCUT2D eigenvalue weighted by Crippen LogP contribution is -1.99. The van der Waals surface area contributed by atoms with E-state index in [1.807, 2.05) is 43.3 Å². The molecule has 0 radical (unpaired) electrons. The van der Waals surface area contributed by atoms with E-state index in [0.717, 1.165) is 33.5 Å². The highest BCUT2D eigenvalue weighted by molar-refractivity contribution is 5.93. The molecule has 3 rings (SSSR count). The van der Waals surface area contributed by atoms with Crippen molar-refractivity contribution in [2.75, 3.05) is 11.1 Å². The Hall–Kier alpha value is -2.55. The Morgan fingerprint density at radius 2 is 1.79 bits per heavy atom. The lowest BCUT2D eigenvalue weighted by Gasteiger charge is -2.13. The number of nitrogens with zero attached hydrogens (tertiary/aromatic N) is 1. The van der Waals surface area contributed by atoms with Crippen molar-refractivity contribution < 1.29 is 0 Å². The second kappa shape index (κ2) is 4.61. The zero-order chi connectivity index (χ0) is 13.2. The first-order chi connectivity index (χ1) is 9.25. The molecule has 0 saturated carbocycles. The monoisotopic (exact) mass is 249 g/mol. The number of hydrogen-bond acceptors (Lipinski definition) is 3. The molecule has 0 aliphatic carbocycles. The molecule has 1 aromatic heterocycles. The van der Waals surface area contributed by atoms with Crippen molar-refractivity contribution in [1.82, 2.24) is 4.98 Å². The van der Waals surface area contributed by atoms with Gasteiger partial charge in [-0.05, 0) is 30.7 Å². The number of aryl methyl sites for hydroxylation is 1. The maximum absolute atomic E-state index is 6.03. The van der Waals surface area contributed by atoms with Gasteiger partial charge in [0.15, 0.2) is 0 Å². The van der Waals surface area contributed by atoms with Crippen molar-refractivity contribution in [3.63, 3.8) is 0 Å². The molecule has 0 atom stereocenters. The maximum Gasteiger partial charge on any atom is 0.0936 e. The fourth-order valence-corrected chi connectivity index (χ4v) is 2.20. The third-order valence-corrected chi connectivity index (χ3v) is 3.20. The minimum Gasteiger partial charge on any atom is -0.397 e. The number of nitrogens with one attached hydrogen (secondary N) is 1. The van der Waals surface area contributed by atoms with Crippen LogP contribution in [0.2, 0.25) is 0 Å². The number of aromatic nitrogens is 1. The fourth-order valence-electron chi connectivity index (χ4n) is 2.20. The third kappa shape index (κ3) is 2.10. The summed E-state index contributed by atoms with van der Waals surface area (Å²) in [7, 11) is 0. The molecular weight excluding hydrogens is 234 g/mol. The second-order valence-corrected chi connectivity index (χ2v) is 4.54. The molecule has 3 nitrogen and oxygen atoms in total. The summed E-state index contributed by atoms with van der Waals surface area (Å²) in [5.41, 5.74) is 10.8.